The van der Waals surface area contributed by atoms with Gasteiger partial charge in [-0.2, -0.15) is 4.98 Å². The highest BCUT2D eigenvalue weighted by molar-refractivity contribution is 9.10. The lowest BCUT2D eigenvalue weighted by atomic mass is 10.2. The van der Waals surface area contributed by atoms with Crippen molar-refractivity contribution < 1.29 is 9.31 Å². The molecule has 0 spiro atoms. The Morgan fingerprint density at radius 1 is 1.47 bits per heavy atom. The third-order valence-electron chi connectivity index (χ3n) is 2.12. The Morgan fingerprint density at radius 3 is 2.89 bits per heavy atom. The fourth-order valence-electron chi connectivity index (χ4n) is 1.32. The lowest BCUT2D eigenvalue weighted by Crippen LogP contribution is -2.00. The van der Waals surface area contributed by atoms with Gasteiger partial charge in [-0.1, -0.05) is 0 Å². The van der Waals surface area contributed by atoms with Crippen LogP contribution in [-0.4, -0.2) is 14.9 Å². The number of rotatable bonds is 3. The lowest BCUT2D eigenvalue weighted by Gasteiger charge is -2.07. The van der Waals surface area contributed by atoms with E-state index < -0.39 is 16.4 Å². The smallest absolute Gasteiger partial charge is 0.295 e. The van der Waals surface area contributed by atoms with E-state index in [1.165, 1.54) is 12.3 Å². The van der Waals surface area contributed by atoms with Gasteiger partial charge in [-0.3, -0.25) is 10.1 Å². The summed E-state index contributed by atoms with van der Waals surface area (Å²) in [6, 6.07) is 3.17. The van der Waals surface area contributed by atoms with Crippen LogP contribution < -0.4 is 5.32 Å². The van der Waals surface area contributed by atoms with Crippen molar-refractivity contribution in [2.75, 3.05) is 5.32 Å². The van der Waals surface area contributed by atoms with Crippen LogP contribution in [-0.2, 0) is 0 Å². The van der Waals surface area contributed by atoms with Crippen molar-refractivity contribution in [2.24, 2.45) is 0 Å². The number of anilines is 2. The first-order valence-corrected chi connectivity index (χ1v) is 6.03. The van der Waals surface area contributed by atoms with Gasteiger partial charge < -0.3 is 5.32 Å². The zero-order valence-electron chi connectivity index (χ0n) is 9.10. The van der Waals surface area contributed by atoms with E-state index in [-0.39, 0.29) is 16.8 Å². The van der Waals surface area contributed by atoms with Gasteiger partial charge in [0.1, 0.15) is 17.3 Å². The predicted molar refractivity (Wildman–Crippen MR) is 71.1 cm³/mol. The van der Waals surface area contributed by atoms with Crippen molar-refractivity contribution in [3.8, 4) is 0 Å². The van der Waals surface area contributed by atoms with Crippen LogP contribution in [0.2, 0.25) is 5.28 Å². The van der Waals surface area contributed by atoms with Gasteiger partial charge in [0, 0.05) is 6.20 Å². The van der Waals surface area contributed by atoms with E-state index in [1.54, 1.807) is 0 Å². The fraction of sp³-hybridized carbons (Fsp3) is 0. The average Bonchev–Trinajstić information content (AvgIpc) is 2.35. The number of nitro benzene ring substituents is 1. The van der Waals surface area contributed by atoms with Crippen LogP contribution in [0.1, 0.15) is 0 Å². The quantitative estimate of drug-likeness (QED) is 0.520. The Balaban J connectivity index is 2.43. The molecule has 0 amide bonds. The Bertz CT molecular complexity index is 655. The summed E-state index contributed by atoms with van der Waals surface area (Å²) in [6.07, 6.45) is 1.40. The molecule has 1 aromatic heterocycles. The van der Waals surface area contributed by atoms with Crippen LogP contribution in [0.25, 0.3) is 0 Å². The molecule has 0 saturated carbocycles. The summed E-state index contributed by atoms with van der Waals surface area (Å²) in [5.74, 6) is -0.452. The molecule has 6 nitrogen and oxygen atoms in total. The first kappa shape index (κ1) is 13.6. The zero-order valence-corrected chi connectivity index (χ0v) is 11.4. The molecule has 0 unspecified atom stereocenters. The molecule has 0 aliphatic carbocycles. The average molecular weight is 348 g/mol. The minimum atomic E-state index is -0.697. The van der Waals surface area contributed by atoms with E-state index in [0.717, 1.165) is 12.1 Å². The number of benzene rings is 1. The van der Waals surface area contributed by atoms with Crippen molar-refractivity contribution in [1.82, 2.24) is 9.97 Å². The molecule has 0 fully saturated rings. The molecule has 0 atom stereocenters. The zero-order chi connectivity index (χ0) is 14.0. The molecule has 2 rings (SSSR count). The van der Waals surface area contributed by atoms with Crippen molar-refractivity contribution >= 4 is 44.7 Å². The third kappa shape index (κ3) is 3.15. The van der Waals surface area contributed by atoms with Crippen molar-refractivity contribution in [3.63, 3.8) is 0 Å². The molecular weight excluding hydrogens is 342 g/mol. The van der Waals surface area contributed by atoms with Crippen molar-refractivity contribution in [3.05, 3.63) is 50.1 Å². The maximum Gasteiger partial charge on any atom is 0.295 e. The van der Waals surface area contributed by atoms with E-state index in [2.05, 4.69) is 31.2 Å². The first-order valence-electron chi connectivity index (χ1n) is 4.86. The van der Waals surface area contributed by atoms with Crippen LogP contribution in [0.4, 0.5) is 21.6 Å². The van der Waals surface area contributed by atoms with Gasteiger partial charge in [0.15, 0.2) is 0 Å². The van der Waals surface area contributed by atoms with Crippen LogP contribution in [0.5, 0.6) is 0 Å². The lowest BCUT2D eigenvalue weighted by molar-refractivity contribution is -0.384. The molecule has 2 aromatic rings. The first-order chi connectivity index (χ1) is 8.97. The number of hydrogen-bond donors (Lipinski definition) is 1. The van der Waals surface area contributed by atoms with Gasteiger partial charge in [-0.15, -0.1) is 0 Å². The van der Waals surface area contributed by atoms with E-state index in [1.807, 2.05) is 0 Å². The SMILES string of the molecule is O=[N+]([O-])c1cc(F)ccc1Nc1nc(Cl)ncc1Br. The van der Waals surface area contributed by atoms with Gasteiger partial charge in [0.2, 0.25) is 5.28 Å². The molecule has 0 saturated heterocycles. The molecule has 1 N–H and O–H groups in total. The second-order valence-electron chi connectivity index (χ2n) is 3.38. The second-order valence-corrected chi connectivity index (χ2v) is 4.57. The van der Waals surface area contributed by atoms with Crippen molar-refractivity contribution in [2.45, 2.75) is 0 Å². The van der Waals surface area contributed by atoms with Gasteiger partial charge in [-0.05, 0) is 39.7 Å². The Kier molecular flexibility index (Phi) is 3.91. The topological polar surface area (TPSA) is 81.0 Å². The highest BCUT2D eigenvalue weighted by Crippen LogP contribution is 2.30. The van der Waals surface area contributed by atoms with E-state index in [0.29, 0.717) is 4.47 Å². The Hall–Kier alpha value is -1.80. The Morgan fingerprint density at radius 2 is 2.21 bits per heavy atom. The summed E-state index contributed by atoms with van der Waals surface area (Å²) in [7, 11) is 0. The summed E-state index contributed by atoms with van der Waals surface area (Å²) in [5, 5.41) is 13.5. The number of nitrogens with zero attached hydrogens (tertiary/aromatic N) is 3. The number of aromatic nitrogens is 2. The molecule has 9 heteroatoms. The molecule has 0 radical (unpaired) electrons. The largest absolute Gasteiger partial charge is 0.334 e. The van der Waals surface area contributed by atoms with Crippen LogP contribution in [0, 0.1) is 15.9 Å². The molecule has 0 aliphatic heterocycles. The number of hydrogen-bond acceptors (Lipinski definition) is 5. The molecule has 19 heavy (non-hydrogen) atoms. The van der Waals surface area contributed by atoms with E-state index >= 15 is 0 Å². The number of nitro groups is 1. The van der Waals surface area contributed by atoms with Crippen molar-refractivity contribution in [1.29, 1.82) is 0 Å². The second kappa shape index (κ2) is 5.45. The van der Waals surface area contributed by atoms with Crippen LogP contribution in [0.15, 0.2) is 28.9 Å². The maximum atomic E-state index is 13.0. The third-order valence-corrected chi connectivity index (χ3v) is 2.89. The number of nitrogens with one attached hydrogen (secondary N) is 1. The fourth-order valence-corrected chi connectivity index (χ4v) is 1.75. The Labute approximate surface area is 119 Å². The minimum absolute atomic E-state index is 0.0181. The standard InChI is InChI=1S/C10H5BrClFN4O2/c11-6-4-14-10(12)16-9(6)15-7-2-1-5(13)3-8(7)17(18)19/h1-4H,(H,14,15,16). The monoisotopic (exact) mass is 346 g/mol. The molecule has 0 aliphatic rings. The van der Waals surface area contributed by atoms with Gasteiger partial charge >= 0.3 is 0 Å². The van der Waals surface area contributed by atoms with Gasteiger partial charge in [0.05, 0.1) is 15.5 Å². The summed E-state index contributed by atoms with van der Waals surface area (Å²) >= 11 is 8.81. The summed E-state index contributed by atoms with van der Waals surface area (Å²) in [5.41, 5.74) is -0.302. The minimum Gasteiger partial charge on any atom is -0.334 e. The highest BCUT2D eigenvalue weighted by Gasteiger charge is 2.16. The molecule has 0 bridgehead atoms. The van der Waals surface area contributed by atoms with Crippen LogP contribution in [0.3, 0.4) is 0 Å². The van der Waals surface area contributed by atoms with Crippen LogP contribution >= 0.6 is 27.5 Å². The summed E-state index contributed by atoms with van der Waals surface area (Å²) in [6.45, 7) is 0. The molecule has 1 aromatic carbocycles. The summed E-state index contributed by atoms with van der Waals surface area (Å²) in [4.78, 5) is 17.7. The molecule has 98 valence electrons. The van der Waals surface area contributed by atoms with Gasteiger partial charge in [-0.25, -0.2) is 9.37 Å². The number of halogens is 3. The molecular formula is C10H5BrClFN4O2. The maximum absolute atomic E-state index is 13.0. The highest BCUT2D eigenvalue weighted by atomic mass is 79.9. The normalized spacial score (nSPS) is 10.3. The van der Waals surface area contributed by atoms with E-state index in [9.17, 15) is 14.5 Å². The summed E-state index contributed by atoms with van der Waals surface area (Å²) < 4.78 is 13.5. The predicted octanol–water partition coefficient (Wildman–Crippen LogP) is 3.68. The van der Waals surface area contributed by atoms with E-state index in [4.69, 9.17) is 11.6 Å². The van der Waals surface area contributed by atoms with Gasteiger partial charge in [0.25, 0.3) is 5.69 Å². The molecule has 1 heterocycles.